The van der Waals surface area contributed by atoms with Crippen molar-refractivity contribution in [1.29, 1.82) is 0 Å². The van der Waals surface area contributed by atoms with Crippen molar-refractivity contribution in [2.75, 3.05) is 99.9 Å². The molecular weight excluding hydrogens is 1470 g/mol. The summed E-state index contributed by atoms with van der Waals surface area (Å²) >= 11 is 14.0. The number of anilines is 3. The highest BCUT2D eigenvalue weighted by molar-refractivity contribution is 14.1. The molecule has 9 fully saturated rings. The zero-order valence-electron chi connectivity index (χ0n) is 42.9. The first-order valence-corrected chi connectivity index (χ1v) is 42.9. The van der Waals surface area contributed by atoms with E-state index in [4.69, 9.17) is 20.6 Å². The fourth-order valence-corrected chi connectivity index (χ4v) is 32.1. The lowest BCUT2D eigenvalue weighted by Gasteiger charge is -2.44. The molecule has 30 heteroatoms. The van der Waals surface area contributed by atoms with Gasteiger partial charge in [0.15, 0.2) is 0 Å². The second kappa shape index (κ2) is 34.4. The molecule has 6 unspecified atom stereocenters. The van der Waals surface area contributed by atoms with E-state index in [9.17, 15) is 8.42 Å². The molecule has 1 N–H and O–H groups in total. The van der Waals surface area contributed by atoms with Crippen molar-refractivity contribution in [3.05, 3.63) is 67.7 Å². The molecular formula is C48H66ClI2N9O6S12. The number of ether oxygens (including phenoxy) is 3. The van der Waals surface area contributed by atoms with Crippen LogP contribution in [-0.4, -0.2) is 173 Å². The minimum Gasteiger partial charge on any atom is -0.380 e. The van der Waals surface area contributed by atoms with Gasteiger partial charge in [0, 0.05) is 247 Å². The standard InChI is InChI=1S/C17H21N3O.C15H20IN3O.C11H14IN3.C5H10O4S.ClH.S11/c1-2-13-3-6-17(18-9-13)19-10-14-4-5-15(11-19)20(14)16-7-8-21-12-16;16-11-1-4-15(17-7-11)18-8-12-2-3-13(9-18)19(12)14-5-6-20-10-14;12-8-1-4-11(13-5-8)15-6-9-2-3-10(7-15)14-9;1-10(6,7)9-5-2-3-8-4-5;;1-3-5-7-9-11-10-8-6-4-2/h1,3,6,9,14-16H,4-5,7-8,10-12H2;1,4,7,12-14H,2-3,5-6,8-10H2;1,4-5,9-10,14H,2-3,6-7H2;5H,2-4H2,1H3;1H;/t14?,15?,16-;12?,13?,14-;;5-;;/m00.1../s1. The van der Waals surface area contributed by atoms with E-state index in [1.165, 1.54) is 76.3 Å². The smallest absolute Gasteiger partial charge is 0.264 e. The van der Waals surface area contributed by atoms with Gasteiger partial charge >= 0.3 is 0 Å². The maximum absolute atomic E-state index is 10.5. The van der Waals surface area contributed by atoms with Crippen molar-refractivity contribution in [3.8, 4) is 12.3 Å². The Bertz CT molecular complexity index is 2890. The van der Waals surface area contributed by atoms with E-state index in [0.29, 0.717) is 68.0 Å². The topological polar surface area (TPSA) is 138 Å². The second-order valence-electron chi connectivity index (χ2n) is 19.7. The Hall–Kier alpha value is 0.250. The molecule has 432 valence electrons. The van der Waals surface area contributed by atoms with Gasteiger partial charge in [0.1, 0.15) is 23.6 Å². The van der Waals surface area contributed by atoms with Crippen LogP contribution in [0.25, 0.3) is 0 Å². The Balaban J connectivity index is 0.000000145. The molecule has 9 aliphatic heterocycles. The van der Waals surface area contributed by atoms with Crippen molar-refractivity contribution < 1.29 is 26.8 Å². The summed E-state index contributed by atoms with van der Waals surface area (Å²) in [5.41, 5.74) is 0.850. The molecule has 0 spiro atoms. The fourth-order valence-electron chi connectivity index (χ4n) is 11.6. The number of hydrogen-bond acceptors (Lipinski definition) is 17. The van der Waals surface area contributed by atoms with Crippen LogP contribution in [0.3, 0.4) is 0 Å². The van der Waals surface area contributed by atoms with E-state index in [0.717, 1.165) is 95.0 Å². The molecule has 0 saturated carbocycles. The van der Waals surface area contributed by atoms with E-state index in [-0.39, 0.29) is 18.5 Å². The highest BCUT2D eigenvalue weighted by Crippen LogP contribution is 2.37. The number of terminal acetylenes is 1. The van der Waals surface area contributed by atoms with Gasteiger partial charge in [0.25, 0.3) is 10.1 Å². The predicted molar refractivity (Wildman–Crippen MR) is 362 cm³/mol. The average molecular weight is 1540 g/mol. The van der Waals surface area contributed by atoms with Gasteiger partial charge in [-0.15, -0.1) is 18.8 Å². The number of nitrogens with zero attached hydrogens (tertiary/aromatic N) is 8. The maximum atomic E-state index is 10.5. The first-order valence-electron chi connectivity index (χ1n) is 25.5. The van der Waals surface area contributed by atoms with Gasteiger partial charge < -0.3 is 34.2 Å². The Kier molecular flexibility index (Phi) is 29.0. The van der Waals surface area contributed by atoms with E-state index in [1.54, 1.807) is 68.4 Å². The van der Waals surface area contributed by atoms with Crippen LogP contribution in [0.4, 0.5) is 17.5 Å². The minimum absolute atomic E-state index is 0. The lowest BCUT2D eigenvalue weighted by atomic mass is 10.1. The van der Waals surface area contributed by atoms with E-state index < -0.39 is 10.1 Å². The number of nitrogens with one attached hydrogen (secondary N) is 1. The zero-order valence-corrected chi connectivity index (χ0v) is 57.8. The van der Waals surface area contributed by atoms with Crippen molar-refractivity contribution in [2.24, 2.45) is 0 Å². The van der Waals surface area contributed by atoms with Gasteiger partial charge in [-0.1, -0.05) is 5.92 Å². The van der Waals surface area contributed by atoms with Gasteiger partial charge in [0.2, 0.25) is 0 Å². The van der Waals surface area contributed by atoms with Crippen molar-refractivity contribution in [2.45, 2.75) is 112 Å². The predicted octanol–water partition coefficient (Wildman–Crippen LogP) is 5.41. The number of piperazine rings is 3. The number of rotatable bonds is 7. The van der Waals surface area contributed by atoms with E-state index >= 15 is 0 Å². The molecule has 0 amide bonds. The zero-order chi connectivity index (χ0) is 54.0. The number of hydrogen-bond donors (Lipinski definition) is 1. The van der Waals surface area contributed by atoms with Gasteiger partial charge in [0.05, 0.1) is 26.1 Å². The summed E-state index contributed by atoms with van der Waals surface area (Å²) < 4.78 is 44.2. The van der Waals surface area contributed by atoms with Crippen molar-refractivity contribution in [3.63, 3.8) is 0 Å². The number of fused-ring (bicyclic) bond motifs is 6. The maximum Gasteiger partial charge on any atom is 0.264 e. The van der Waals surface area contributed by atoms with E-state index in [1.807, 2.05) is 18.5 Å². The van der Waals surface area contributed by atoms with Crippen molar-refractivity contribution in [1.82, 2.24) is 30.1 Å². The number of pyridine rings is 3. The largest absolute Gasteiger partial charge is 0.380 e. The molecule has 9 saturated heterocycles. The molecule has 0 radical (unpaired) electrons. The third-order valence-corrected chi connectivity index (χ3v) is 34.4. The lowest BCUT2D eigenvalue weighted by molar-refractivity contribution is 0.0918. The third kappa shape index (κ3) is 20.5. The number of aromatic nitrogens is 3. The molecule has 15 nitrogen and oxygen atoms in total. The normalized spacial score (nSPS) is 27.5. The molecule has 78 heavy (non-hydrogen) atoms. The summed E-state index contributed by atoms with van der Waals surface area (Å²) in [4.78, 5) is 26.4. The highest BCUT2D eigenvalue weighted by Gasteiger charge is 2.46. The third-order valence-electron chi connectivity index (χ3n) is 14.7. The van der Waals surface area contributed by atoms with Gasteiger partial charge in [-0.3, -0.25) is 14.0 Å². The van der Waals surface area contributed by atoms with Crippen LogP contribution in [0.5, 0.6) is 0 Å². The minimum atomic E-state index is -3.29. The Morgan fingerprint density at radius 3 is 1.33 bits per heavy atom. The van der Waals surface area contributed by atoms with E-state index in [2.05, 4.69) is 153 Å². The van der Waals surface area contributed by atoms with Crippen LogP contribution < -0.4 is 20.0 Å². The Morgan fingerprint density at radius 1 is 0.577 bits per heavy atom. The summed E-state index contributed by atoms with van der Waals surface area (Å²) in [6.07, 6.45) is 22.9. The van der Waals surface area contributed by atoms with Crippen LogP contribution >= 0.6 is 57.6 Å². The quantitative estimate of drug-likeness (QED) is 0.183. The van der Waals surface area contributed by atoms with Crippen LogP contribution in [0.1, 0.15) is 63.4 Å². The van der Waals surface area contributed by atoms with Crippen LogP contribution in [0.2, 0.25) is 0 Å². The van der Waals surface area contributed by atoms with Crippen LogP contribution in [0, 0.1) is 19.5 Å². The fraction of sp³-hybridized carbons (Fsp3) is 0.646. The SMILES string of the molecule is C#Cc1ccc(N2CC3CCC(C2)N3[C@H]2CCOC2)nc1.CS(=O)(=O)O[C@@H]1CCOC1.Cl.Ic1ccc(N2CC3CCC(C2)N3)nc1.Ic1ccc(N2CC3CCC(C2)N3[C@H]2CCOC2)nc1.S=S=S=S=S=S=S=S=S=S=S. The first-order chi connectivity index (χ1) is 37.5. The lowest BCUT2D eigenvalue weighted by Crippen LogP contribution is -2.57. The molecule has 6 bridgehead atoms. The second-order valence-corrected chi connectivity index (χ2v) is 39.7. The summed E-state index contributed by atoms with van der Waals surface area (Å²) in [5, 5.41) is 3.63. The van der Waals surface area contributed by atoms with Crippen molar-refractivity contribution >= 4 is 187 Å². The van der Waals surface area contributed by atoms with Gasteiger partial charge in [-0.2, -0.15) is 8.42 Å². The summed E-state index contributed by atoms with van der Waals surface area (Å²) in [6.45, 7) is 11.4. The monoisotopic (exact) mass is 1540 g/mol. The molecule has 0 aromatic carbocycles. The molecule has 12 rings (SSSR count). The molecule has 9 atom stereocenters. The van der Waals surface area contributed by atoms with Crippen LogP contribution in [-0.2, 0) is 131 Å². The van der Waals surface area contributed by atoms with Gasteiger partial charge in [-0.05, 0) is 133 Å². The number of halogens is 3. The highest BCUT2D eigenvalue weighted by atomic mass is 127. The molecule has 3 aromatic rings. The Labute approximate surface area is 529 Å². The molecule has 0 aliphatic carbocycles. The summed E-state index contributed by atoms with van der Waals surface area (Å²) in [5.74, 6) is 5.97. The van der Waals surface area contributed by atoms with Gasteiger partial charge in [-0.25, -0.2) is 15.0 Å². The molecule has 9 aliphatic rings. The first kappa shape index (κ1) is 65.8. The average Bonchev–Trinajstić information content (AvgIpc) is 4.42. The van der Waals surface area contributed by atoms with Crippen LogP contribution in [0.15, 0.2) is 55.0 Å². The summed E-state index contributed by atoms with van der Waals surface area (Å²) in [6, 6.07) is 18.0. The molecule has 3 aromatic heterocycles. The Morgan fingerprint density at radius 2 is 0.987 bits per heavy atom. The molecule has 12 heterocycles. The summed E-state index contributed by atoms with van der Waals surface area (Å²) in [7, 11) is 11.2.